The lowest BCUT2D eigenvalue weighted by molar-refractivity contribution is -0.127. The molecule has 0 N–H and O–H groups in total. The maximum atomic E-state index is 12.8. The number of rotatable bonds is 3. The molecule has 1 saturated heterocycles. The minimum absolute atomic E-state index is 0.0556. The molecule has 0 unspecified atom stereocenters. The standard InChI is InChI=1S/C21H19ClN4O2/c22-18-6-2-1-5-16(18)8-9-20(27)24-11-13-25(14-12-24)21(28)17-15-23-26-10-4-3-7-19(17)26/h1-10,15H,11-14H2/b9-8+. The number of fused-ring (bicyclic) bond motifs is 1. The predicted octanol–water partition coefficient (Wildman–Crippen LogP) is 2.99. The molecular formula is C21H19ClN4O2. The quantitative estimate of drug-likeness (QED) is 0.642. The van der Waals surface area contributed by atoms with Gasteiger partial charge in [0, 0.05) is 43.5 Å². The SMILES string of the molecule is O=C(/C=C/c1ccccc1Cl)N1CCN(C(=O)c2cnn3ccccc23)CC1. The molecule has 6 nitrogen and oxygen atoms in total. The van der Waals surface area contributed by atoms with Gasteiger partial charge in [-0.15, -0.1) is 0 Å². The molecule has 1 fully saturated rings. The van der Waals surface area contributed by atoms with Crippen LogP contribution in [-0.4, -0.2) is 57.4 Å². The van der Waals surface area contributed by atoms with E-state index in [9.17, 15) is 9.59 Å². The zero-order chi connectivity index (χ0) is 19.5. The molecule has 1 aromatic carbocycles. The molecule has 3 heterocycles. The Kier molecular flexibility index (Phi) is 5.12. The van der Waals surface area contributed by atoms with Crippen LogP contribution in [0.4, 0.5) is 0 Å². The van der Waals surface area contributed by atoms with Crippen LogP contribution in [0.5, 0.6) is 0 Å². The number of pyridine rings is 1. The Morgan fingerprint density at radius 2 is 1.68 bits per heavy atom. The van der Waals surface area contributed by atoms with Gasteiger partial charge in [-0.2, -0.15) is 5.10 Å². The highest BCUT2D eigenvalue weighted by Gasteiger charge is 2.25. The molecule has 0 radical (unpaired) electrons. The van der Waals surface area contributed by atoms with E-state index in [4.69, 9.17) is 11.6 Å². The van der Waals surface area contributed by atoms with Gasteiger partial charge in [0.05, 0.1) is 17.3 Å². The summed E-state index contributed by atoms with van der Waals surface area (Å²) in [6, 6.07) is 13.0. The Balaban J connectivity index is 1.38. The summed E-state index contributed by atoms with van der Waals surface area (Å²) in [6.07, 6.45) is 6.67. The van der Waals surface area contributed by atoms with Crippen molar-refractivity contribution >= 4 is 35.0 Å². The van der Waals surface area contributed by atoms with Crippen LogP contribution >= 0.6 is 11.6 Å². The van der Waals surface area contributed by atoms with Crippen molar-refractivity contribution in [3.8, 4) is 0 Å². The Hall–Kier alpha value is -3.12. The third-order valence-corrected chi connectivity index (χ3v) is 5.19. The highest BCUT2D eigenvalue weighted by atomic mass is 35.5. The normalized spacial score (nSPS) is 14.8. The number of benzene rings is 1. The van der Waals surface area contributed by atoms with Crippen LogP contribution in [0.2, 0.25) is 5.02 Å². The van der Waals surface area contributed by atoms with Gasteiger partial charge in [-0.1, -0.05) is 35.9 Å². The zero-order valence-corrected chi connectivity index (χ0v) is 15.9. The molecule has 4 rings (SSSR count). The first-order valence-corrected chi connectivity index (χ1v) is 9.44. The Labute approximate surface area is 167 Å². The summed E-state index contributed by atoms with van der Waals surface area (Å²) in [7, 11) is 0. The first kappa shape index (κ1) is 18.3. The van der Waals surface area contributed by atoms with Crippen LogP contribution in [0.15, 0.2) is 60.9 Å². The minimum Gasteiger partial charge on any atom is -0.336 e. The summed E-state index contributed by atoms with van der Waals surface area (Å²) in [5.74, 6) is -0.136. The molecule has 2 amide bonds. The van der Waals surface area contributed by atoms with Gasteiger partial charge in [-0.05, 0) is 29.8 Å². The number of carbonyl (C=O) groups excluding carboxylic acids is 2. The van der Waals surface area contributed by atoms with Gasteiger partial charge < -0.3 is 9.80 Å². The summed E-state index contributed by atoms with van der Waals surface area (Å²) in [6.45, 7) is 1.98. The van der Waals surface area contributed by atoms with Crippen molar-refractivity contribution in [2.75, 3.05) is 26.2 Å². The van der Waals surface area contributed by atoms with Gasteiger partial charge in [0.25, 0.3) is 5.91 Å². The van der Waals surface area contributed by atoms with E-state index in [1.54, 1.807) is 32.7 Å². The lowest BCUT2D eigenvalue weighted by Gasteiger charge is -2.34. The van der Waals surface area contributed by atoms with Crippen molar-refractivity contribution in [3.05, 3.63) is 77.1 Å². The lowest BCUT2D eigenvalue weighted by Crippen LogP contribution is -2.50. The third-order valence-electron chi connectivity index (χ3n) is 4.85. The molecule has 0 bridgehead atoms. The topological polar surface area (TPSA) is 57.9 Å². The van der Waals surface area contributed by atoms with Crippen molar-refractivity contribution in [2.24, 2.45) is 0 Å². The lowest BCUT2D eigenvalue weighted by atomic mass is 10.2. The zero-order valence-electron chi connectivity index (χ0n) is 15.2. The average molecular weight is 395 g/mol. The molecule has 0 saturated carbocycles. The van der Waals surface area contributed by atoms with Crippen molar-refractivity contribution in [1.29, 1.82) is 0 Å². The number of hydrogen-bond acceptors (Lipinski definition) is 3. The fourth-order valence-electron chi connectivity index (χ4n) is 3.28. The first-order valence-electron chi connectivity index (χ1n) is 9.06. The van der Waals surface area contributed by atoms with Gasteiger partial charge >= 0.3 is 0 Å². The first-order chi connectivity index (χ1) is 13.6. The van der Waals surface area contributed by atoms with Crippen molar-refractivity contribution in [1.82, 2.24) is 19.4 Å². The molecule has 28 heavy (non-hydrogen) atoms. The van der Waals surface area contributed by atoms with Gasteiger partial charge in [0.1, 0.15) is 0 Å². The number of nitrogens with zero attached hydrogens (tertiary/aromatic N) is 4. The molecule has 0 aliphatic carbocycles. The summed E-state index contributed by atoms with van der Waals surface area (Å²) in [5.41, 5.74) is 2.17. The second-order valence-corrected chi connectivity index (χ2v) is 6.97. The van der Waals surface area contributed by atoms with E-state index in [1.807, 2.05) is 42.6 Å². The van der Waals surface area contributed by atoms with E-state index < -0.39 is 0 Å². The van der Waals surface area contributed by atoms with Crippen molar-refractivity contribution in [2.45, 2.75) is 0 Å². The summed E-state index contributed by atoms with van der Waals surface area (Å²) in [5, 5.41) is 4.83. The predicted molar refractivity (Wildman–Crippen MR) is 108 cm³/mol. The second kappa shape index (κ2) is 7.86. The molecule has 7 heteroatoms. The van der Waals surface area contributed by atoms with E-state index in [0.29, 0.717) is 36.8 Å². The smallest absolute Gasteiger partial charge is 0.257 e. The van der Waals surface area contributed by atoms with E-state index >= 15 is 0 Å². The molecule has 1 aliphatic rings. The number of halogens is 1. The molecule has 142 valence electrons. The maximum Gasteiger partial charge on any atom is 0.257 e. The monoisotopic (exact) mass is 394 g/mol. The van der Waals surface area contributed by atoms with Crippen LogP contribution in [-0.2, 0) is 4.79 Å². The molecule has 1 aliphatic heterocycles. The summed E-state index contributed by atoms with van der Waals surface area (Å²) < 4.78 is 1.69. The van der Waals surface area contributed by atoms with Crippen molar-refractivity contribution < 1.29 is 9.59 Å². The summed E-state index contributed by atoms with van der Waals surface area (Å²) in [4.78, 5) is 28.8. The van der Waals surface area contributed by atoms with Crippen LogP contribution in [0.3, 0.4) is 0 Å². The average Bonchev–Trinajstić information content (AvgIpc) is 3.17. The van der Waals surface area contributed by atoms with E-state index in [-0.39, 0.29) is 11.8 Å². The Bertz CT molecular complexity index is 1050. The highest BCUT2D eigenvalue weighted by molar-refractivity contribution is 6.32. The van der Waals surface area contributed by atoms with E-state index in [1.165, 1.54) is 6.08 Å². The third kappa shape index (κ3) is 3.64. The largest absolute Gasteiger partial charge is 0.336 e. The molecule has 2 aromatic heterocycles. The number of carbonyl (C=O) groups is 2. The second-order valence-electron chi connectivity index (χ2n) is 6.56. The number of piperazine rings is 1. The molecule has 3 aromatic rings. The highest BCUT2D eigenvalue weighted by Crippen LogP contribution is 2.17. The van der Waals surface area contributed by atoms with Crippen molar-refractivity contribution in [3.63, 3.8) is 0 Å². The Morgan fingerprint density at radius 3 is 2.46 bits per heavy atom. The number of hydrogen-bond donors (Lipinski definition) is 0. The number of aromatic nitrogens is 2. The fourth-order valence-corrected chi connectivity index (χ4v) is 3.48. The van der Waals surface area contributed by atoms with Crippen LogP contribution < -0.4 is 0 Å². The van der Waals surface area contributed by atoms with Gasteiger partial charge in [-0.3, -0.25) is 9.59 Å². The maximum absolute atomic E-state index is 12.8. The van der Waals surface area contributed by atoms with Crippen LogP contribution in [0.25, 0.3) is 11.6 Å². The van der Waals surface area contributed by atoms with Crippen LogP contribution in [0.1, 0.15) is 15.9 Å². The fraction of sp³-hybridized carbons (Fsp3) is 0.190. The van der Waals surface area contributed by atoms with Gasteiger partial charge in [0.15, 0.2) is 0 Å². The Morgan fingerprint density at radius 1 is 0.964 bits per heavy atom. The van der Waals surface area contributed by atoms with E-state index in [0.717, 1.165) is 11.1 Å². The summed E-state index contributed by atoms with van der Waals surface area (Å²) >= 11 is 6.11. The molecular weight excluding hydrogens is 376 g/mol. The molecule has 0 spiro atoms. The van der Waals surface area contributed by atoms with E-state index in [2.05, 4.69) is 5.10 Å². The minimum atomic E-state index is -0.0806. The number of amides is 2. The van der Waals surface area contributed by atoms with Crippen LogP contribution in [0, 0.1) is 0 Å². The van der Waals surface area contributed by atoms with Gasteiger partial charge in [0.2, 0.25) is 5.91 Å². The molecule has 0 atom stereocenters. The van der Waals surface area contributed by atoms with Gasteiger partial charge in [-0.25, -0.2) is 4.52 Å².